The molecule has 0 aliphatic carbocycles. The number of hydrogen-bond acceptors (Lipinski definition) is 3. The van der Waals surface area contributed by atoms with Gasteiger partial charge in [0.2, 0.25) is 5.88 Å². The number of amides is 1. The second-order valence-electron chi connectivity index (χ2n) is 5.57. The smallest absolute Gasteiger partial charge is 0.295 e. The number of para-hydroxylation sites is 1. The molecule has 0 radical (unpaired) electrons. The standard InChI is InChI=1S/C18H17N3O2/c1-11-8-9-13(12(2)10-11)17(22)20-19-16-14-6-4-5-7-15(14)21(3)18(16)23/h4-10,23H,1-3H3. The van der Waals surface area contributed by atoms with Crippen molar-refractivity contribution in [2.45, 2.75) is 13.8 Å². The Morgan fingerprint density at radius 1 is 1.13 bits per heavy atom. The van der Waals surface area contributed by atoms with Crippen LogP contribution in [0.5, 0.6) is 5.88 Å². The van der Waals surface area contributed by atoms with Crippen LogP contribution in [0.15, 0.2) is 52.7 Å². The van der Waals surface area contributed by atoms with Gasteiger partial charge in [0.1, 0.15) is 0 Å². The van der Waals surface area contributed by atoms with Crippen molar-refractivity contribution in [2.24, 2.45) is 17.3 Å². The van der Waals surface area contributed by atoms with Crippen LogP contribution >= 0.6 is 0 Å². The Bertz CT molecular complexity index is 939. The first-order valence-corrected chi connectivity index (χ1v) is 7.28. The topological polar surface area (TPSA) is 66.9 Å². The molecule has 3 rings (SSSR count). The predicted molar refractivity (Wildman–Crippen MR) is 89.3 cm³/mol. The fourth-order valence-corrected chi connectivity index (χ4v) is 2.66. The van der Waals surface area contributed by atoms with Crippen LogP contribution in [-0.4, -0.2) is 15.6 Å². The van der Waals surface area contributed by atoms with Gasteiger partial charge in [-0.3, -0.25) is 4.79 Å². The van der Waals surface area contributed by atoms with Crippen molar-refractivity contribution in [1.29, 1.82) is 0 Å². The first kappa shape index (κ1) is 15.0. The first-order valence-electron chi connectivity index (χ1n) is 7.28. The zero-order valence-corrected chi connectivity index (χ0v) is 13.2. The van der Waals surface area contributed by atoms with E-state index in [0.29, 0.717) is 11.3 Å². The van der Waals surface area contributed by atoms with Gasteiger partial charge in [0.05, 0.1) is 5.52 Å². The van der Waals surface area contributed by atoms with Crippen LogP contribution in [0, 0.1) is 13.8 Å². The molecule has 0 fully saturated rings. The van der Waals surface area contributed by atoms with E-state index in [1.54, 1.807) is 17.7 Å². The van der Waals surface area contributed by atoms with Gasteiger partial charge in [-0.1, -0.05) is 35.9 Å². The lowest BCUT2D eigenvalue weighted by Gasteiger charge is -2.01. The van der Waals surface area contributed by atoms with Gasteiger partial charge < -0.3 is 9.67 Å². The largest absolute Gasteiger partial charge is 0.493 e. The number of carbonyl (C=O) groups excluding carboxylic acids is 1. The Hall–Kier alpha value is -2.95. The summed E-state index contributed by atoms with van der Waals surface area (Å²) in [6, 6.07) is 13.0. The summed E-state index contributed by atoms with van der Waals surface area (Å²) in [5, 5.41) is 18.7. The molecule has 0 aliphatic rings. The van der Waals surface area contributed by atoms with Gasteiger partial charge in [-0.05, 0) is 31.5 Å². The molecule has 0 unspecified atom stereocenters. The van der Waals surface area contributed by atoms with Gasteiger partial charge in [0.25, 0.3) is 5.91 Å². The number of hydrogen-bond donors (Lipinski definition) is 1. The third kappa shape index (κ3) is 2.61. The van der Waals surface area contributed by atoms with E-state index in [-0.39, 0.29) is 5.88 Å². The normalized spacial score (nSPS) is 11.4. The zero-order valence-electron chi connectivity index (χ0n) is 13.2. The van der Waals surface area contributed by atoms with Crippen LogP contribution in [-0.2, 0) is 7.05 Å². The lowest BCUT2D eigenvalue weighted by molar-refractivity contribution is 0.0994. The highest BCUT2D eigenvalue weighted by Crippen LogP contribution is 2.37. The summed E-state index contributed by atoms with van der Waals surface area (Å²) in [5.41, 5.74) is 3.59. The Balaban J connectivity index is 2.00. The van der Waals surface area contributed by atoms with Crippen molar-refractivity contribution in [3.05, 3.63) is 59.2 Å². The van der Waals surface area contributed by atoms with Crippen LogP contribution in [0.3, 0.4) is 0 Å². The first-order chi connectivity index (χ1) is 11.0. The van der Waals surface area contributed by atoms with Crippen molar-refractivity contribution in [2.75, 3.05) is 0 Å². The monoisotopic (exact) mass is 307 g/mol. The highest BCUT2D eigenvalue weighted by molar-refractivity contribution is 5.98. The van der Waals surface area contributed by atoms with Crippen LogP contribution in [0.4, 0.5) is 5.69 Å². The summed E-state index contributed by atoms with van der Waals surface area (Å²) in [6.45, 7) is 3.84. The molecule has 1 aromatic heterocycles. The van der Waals surface area contributed by atoms with Crippen molar-refractivity contribution in [3.8, 4) is 5.88 Å². The molecular formula is C18H17N3O2. The lowest BCUT2D eigenvalue weighted by Crippen LogP contribution is -1.97. The maximum Gasteiger partial charge on any atom is 0.295 e. The number of nitrogens with zero attached hydrogens (tertiary/aromatic N) is 3. The van der Waals surface area contributed by atoms with Gasteiger partial charge in [0, 0.05) is 18.0 Å². The molecule has 116 valence electrons. The number of aromatic hydroxyl groups is 1. The molecule has 0 bridgehead atoms. The number of rotatable bonds is 2. The second kappa shape index (κ2) is 5.68. The van der Waals surface area contributed by atoms with Crippen LogP contribution in [0.2, 0.25) is 0 Å². The molecule has 0 spiro atoms. The van der Waals surface area contributed by atoms with Gasteiger partial charge in [-0.2, -0.15) is 0 Å². The van der Waals surface area contributed by atoms with Crippen LogP contribution < -0.4 is 0 Å². The van der Waals surface area contributed by atoms with E-state index in [0.717, 1.165) is 22.0 Å². The summed E-state index contributed by atoms with van der Waals surface area (Å²) in [5.74, 6) is -0.432. The molecule has 0 atom stereocenters. The fraction of sp³-hybridized carbons (Fsp3) is 0.167. The molecule has 0 aliphatic heterocycles. The summed E-state index contributed by atoms with van der Waals surface area (Å²) in [7, 11) is 1.74. The Kier molecular flexibility index (Phi) is 3.70. The second-order valence-corrected chi connectivity index (χ2v) is 5.57. The SMILES string of the molecule is Cc1ccc(C(=O)N=Nc2c(O)n(C)c3ccccc23)c(C)c1. The van der Waals surface area contributed by atoms with E-state index in [9.17, 15) is 9.90 Å². The fourth-order valence-electron chi connectivity index (χ4n) is 2.66. The Labute approximate surface area is 133 Å². The van der Waals surface area contributed by atoms with E-state index >= 15 is 0 Å². The molecule has 1 N–H and O–H groups in total. The van der Waals surface area contributed by atoms with Crippen LogP contribution in [0.25, 0.3) is 10.9 Å². The highest BCUT2D eigenvalue weighted by atomic mass is 16.3. The maximum absolute atomic E-state index is 12.3. The highest BCUT2D eigenvalue weighted by Gasteiger charge is 2.14. The van der Waals surface area contributed by atoms with Gasteiger partial charge in [-0.25, -0.2) is 0 Å². The minimum atomic E-state index is -0.421. The Morgan fingerprint density at radius 2 is 1.87 bits per heavy atom. The minimum Gasteiger partial charge on any atom is -0.493 e. The number of carbonyl (C=O) groups is 1. The number of aryl methyl sites for hydroxylation is 3. The third-order valence-electron chi connectivity index (χ3n) is 3.90. The average molecular weight is 307 g/mol. The minimum absolute atomic E-state index is 0.0108. The maximum atomic E-state index is 12.3. The quantitative estimate of drug-likeness (QED) is 0.712. The molecule has 0 saturated carbocycles. The van der Waals surface area contributed by atoms with E-state index < -0.39 is 5.91 Å². The number of aromatic nitrogens is 1. The molecule has 0 saturated heterocycles. The summed E-state index contributed by atoms with van der Waals surface area (Å²) >= 11 is 0. The summed E-state index contributed by atoms with van der Waals surface area (Å²) in [6.07, 6.45) is 0. The van der Waals surface area contributed by atoms with Gasteiger partial charge in [-0.15, -0.1) is 10.2 Å². The molecule has 3 aromatic rings. The number of fused-ring (bicyclic) bond motifs is 1. The molecule has 1 heterocycles. The van der Waals surface area contributed by atoms with Gasteiger partial charge >= 0.3 is 0 Å². The summed E-state index contributed by atoms with van der Waals surface area (Å²) < 4.78 is 1.62. The number of benzene rings is 2. The van der Waals surface area contributed by atoms with Crippen LogP contribution in [0.1, 0.15) is 21.5 Å². The third-order valence-corrected chi connectivity index (χ3v) is 3.90. The molecule has 23 heavy (non-hydrogen) atoms. The molecule has 2 aromatic carbocycles. The molecule has 5 nitrogen and oxygen atoms in total. The predicted octanol–water partition coefficient (Wildman–Crippen LogP) is 4.42. The van der Waals surface area contributed by atoms with E-state index in [1.807, 2.05) is 50.2 Å². The number of azo groups is 1. The Morgan fingerprint density at radius 3 is 2.61 bits per heavy atom. The van der Waals surface area contributed by atoms with E-state index in [4.69, 9.17) is 0 Å². The van der Waals surface area contributed by atoms with Gasteiger partial charge in [0.15, 0.2) is 5.69 Å². The van der Waals surface area contributed by atoms with Crippen molar-refractivity contribution >= 4 is 22.5 Å². The molecule has 5 heteroatoms. The van der Waals surface area contributed by atoms with Crippen molar-refractivity contribution in [3.63, 3.8) is 0 Å². The van der Waals surface area contributed by atoms with Crippen molar-refractivity contribution in [1.82, 2.24) is 4.57 Å². The average Bonchev–Trinajstić information content (AvgIpc) is 2.77. The zero-order chi connectivity index (χ0) is 16.6. The molecule has 1 amide bonds. The van der Waals surface area contributed by atoms with E-state index in [2.05, 4.69) is 10.2 Å². The summed E-state index contributed by atoms with van der Waals surface area (Å²) in [4.78, 5) is 12.3. The van der Waals surface area contributed by atoms with Crippen molar-refractivity contribution < 1.29 is 9.90 Å². The lowest BCUT2D eigenvalue weighted by atomic mass is 10.1. The van der Waals surface area contributed by atoms with E-state index in [1.165, 1.54) is 0 Å². The molecular weight excluding hydrogens is 290 g/mol.